The van der Waals surface area contributed by atoms with Crippen molar-refractivity contribution in [2.75, 3.05) is 6.61 Å². The Morgan fingerprint density at radius 2 is 2.31 bits per heavy atom. The van der Waals surface area contributed by atoms with E-state index in [1.165, 1.54) is 0 Å². The number of ether oxygens (including phenoxy) is 1. The summed E-state index contributed by atoms with van der Waals surface area (Å²) in [5, 5.41) is 9.96. The van der Waals surface area contributed by atoms with Gasteiger partial charge in [0.05, 0.1) is 6.61 Å². The topological polar surface area (TPSA) is 29.5 Å². The van der Waals surface area contributed by atoms with Crippen LogP contribution in [-0.4, -0.2) is 17.8 Å². The van der Waals surface area contributed by atoms with E-state index >= 15 is 0 Å². The molecule has 1 fully saturated rings. The first kappa shape index (κ1) is 9.07. The van der Waals surface area contributed by atoms with Gasteiger partial charge in [0.1, 0.15) is 11.9 Å². The Morgan fingerprint density at radius 3 is 2.77 bits per heavy atom. The molecule has 0 spiro atoms. The third-order valence-electron chi connectivity index (χ3n) is 3.23. The smallest absolute Gasteiger partial charge is 0.121 e. The van der Waals surface area contributed by atoms with Gasteiger partial charge in [0.25, 0.3) is 0 Å². The van der Waals surface area contributed by atoms with Gasteiger partial charge in [-0.05, 0) is 36.7 Å². The summed E-state index contributed by atoms with van der Waals surface area (Å²) in [7, 11) is 0. The molecule has 74 valence electrons. The molecule has 2 heteroatoms. The van der Waals surface area contributed by atoms with Crippen molar-refractivity contribution in [2.45, 2.75) is 39.2 Å². The quantitative estimate of drug-likeness (QED) is 0.708. The van der Waals surface area contributed by atoms with Crippen LogP contribution < -0.4 is 0 Å². The van der Waals surface area contributed by atoms with E-state index < -0.39 is 0 Å². The summed E-state index contributed by atoms with van der Waals surface area (Å²) in [5.74, 6) is 1.23. The van der Waals surface area contributed by atoms with Crippen LogP contribution in [0.25, 0.3) is 0 Å². The summed E-state index contributed by atoms with van der Waals surface area (Å²) in [6.07, 6.45) is 4.96. The molecule has 0 aromatic carbocycles. The Balaban J connectivity index is 1.97. The predicted molar refractivity (Wildman–Crippen MR) is 51.2 cm³/mol. The summed E-state index contributed by atoms with van der Waals surface area (Å²) in [6, 6.07) is 0. The van der Waals surface area contributed by atoms with Gasteiger partial charge in [0, 0.05) is 0 Å². The van der Waals surface area contributed by atoms with Gasteiger partial charge in [0.15, 0.2) is 0 Å². The predicted octanol–water partition coefficient (Wildman–Crippen LogP) is 2.09. The standard InChI is InChI=1S/C11H18O2/c1-11(2)7-8(11)10(12)9-5-3-4-6-13-9/h5,8,10,12H,3-4,6-7H2,1-2H3. The second-order valence-electron chi connectivity index (χ2n) is 4.84. The van der Waals surface area contributed by atoms with Crippen molar-refractivity contribution in [1.29, 1.82) is 0 Å². The van der Waals surface area contributed by atoms with Crippen molar-refractivity contribution in [3.63, 3.8) is 0 Å². The second kappa shape index (κ2) is 3.02. The van der Waals surface area contributed by atoms with Gasteiger partial charge in [-0.25, -0.2) is 0 Å². The van der Waals surface area contributed by atoms with Crippen molar-refractivity contribution in [3.8, 4) is 0 Å². The van der Waals surface area contributed by atoms with Gasteiger partial charge >= 0.3 is 0 Å². The Kier molecular flexibility index (Phi) is 2.11. The molecular weight excluding hydrogens is 164 g/mol. The SMILES string of the molecule is CC1(C)CC1C(O)C1=CCCCO1. The number of allylic oxidation sites excluding steroid dienone is 1. The van der Waals surface area contributed by atoms with E-state index in [0.29, 0.717) is 11.3 Å². The summed E-state index contributed by atoms with van der Waals surface area (Å²) in [5.41, 5.74) is 0.320. The van der Waals surface area contributed by atoms with Gasteiger partial charge < -0.3 is 9.84 Å². The monoisotopic (exact) mass is 182 g/mol. The van der Waals surface area contributed by atoms with Crippen LogP contribution in [0.4, 0.5) is 0 Å². The van der Waals surface area contributed by atoms with Gasteiger partial charge in [-0.2, -0.15) is 0 Å². The van der Waals surface area contributed by atoms with Gasteiger partial charge in [-0.3, -0.25) is 0 Å². The molecule has 0 bridgehead atoms. The van der Waals surface area contributed by atoms with Crippen LogP contribution in [-0.2, 0) is 4.74 Å². The van der Waals surface area contributed by atoms with Gasteiger partial charge in [-0.15, -0.1) is 0 Å². The average molecular weight is 182 g/mol. The summed E-state index contributed by atoms with van der Waals surface area (Å²) >= 11 is 0. The van der Waals surface area contributed by atoms with Crippen molar-refractivity contribution in [2.24, 2.45) is 11.3 Å². The van der Waals surface area contributed by atoms with E-state index in [2.05, 4.69) is 13.8 Å². The summed E-state index contributed by atoms with van der Waals surface area (Å²) in [4.78, 5) is 0. The Hall–Kier alpha value is -0.500. The molecule has 0 radical (unpaired) electrons. The zero-order valence-corrected chi connectivity index (χ0v) is 8.42. The maximum absolute atomic E-state index is 9.96. The Morgan fingerprint density at radius 1 is 1.62 bits per heavy atom. The van der Waals surface area contributed by atoms with Crippen molar-refractivity contribution in [1.82, 2.24) is 0 Å². The average Bonchev–Trinajstić information content (AvgIpc) is 2.76. The maximum atomic E-state index is 9.96. The fraction of sp³-hybridized carbons (Fsp3) is 0.818. The largest absolute Gasteiger partial charge is 0.495 e. The molecule has 2 unspecified atom stereocenters. The van der Waals surface area contributed by atoms with Gasteiger partial charge in [0.2, 0.25) is 0 Å². The fourth-order valence-electron chi connectivity index (χ4n) is 2.03. The molecule has 2 aliphatic rings. The highest BCUT2D eigenvalue weighted by Crippen LogP contribution is 2.54. The molecule has 1 aliphatic carbocycles. The van der Waals surface area contributed by atoms with Crippen LogP contribution in [0.3, 0.4) is 0 Å². The van der Waals surface area contributed by atoms with E-state index in [1.807, 2.05) is 6.08 Å². The van der Waals surface area contributed by atoms with Gasteiger partial charge in [-0.1, -0.05) is 13.8 Å². The molecule has 0 saturated heterocycles. The first-order valence-electron chi connectivity index (χ1n) is 5.12. The van der Waals surface area contributed by atoms with Crippen molar-refractivity contribution >= 4 is 0 Å². The van der Waals surface area contributed by atoms with E-state index in [4.69, 9.17) is 4.74 Å². The zero-order chi connectivity index (χ0) is 9.47. The van der Waals surface area contributed by atoms with E-state index in [9.17, 15) is 5.11 Å². The highest BCUT2D eigenvalue weighted by atomic mass is 16.5. The van der Waals surface area contributed by atoms with Crippen LogP contribution in [0, 0.1) is 11.3 Å². The molecule has 1 aliphatic heterocycles. The lowest BCUT2D eigenvalue weighted by Gasteiger charge is -2.20. The van der Waals surface area contributed by atoms with Crippen LogP contribution in [0.5, 0.6) is 0 Å². The molecule has 2 rings (SSSR count). The molecule has 1 saturated carbocycles. The lowest BCUT2D eigenvalue weighted by atomic mass is 10.0. The Labute approximate surface area is 79.6 Å². The van der Waals surface area contributed by atoms with E-state index in [0.717, 1.165) is 31.6 Å². The molecule has 13 heavy (non-hydrogen) atoms. The van der Waals surface area contributed by atoms with Crippen LogP contribution >= 0.6 is 0 Å². The third-order valence-corrected chi connectivity index (χ3v) is 3.23. The van der Waals surface area contributed by atoms with Crippen molar-refractivity contribution in [3.05, 3.63) is 11.8 Å². The lowest BCUT2D eigenvalue weighted by Crippen LogP contribution is -2.20. The zero-order valence-electron chi connectivity index (χ0n) is 8.42. The molecule has 0 aromatic rings. The molecule has 2 nitrogen and oxygen atoms in total. The Bertz CT molecular complexity index is 230. The lowest BCUT2D eigenvalue weighted by molar-refractivity contribution is 0.0718. The van der Waals surface area contributed by atoms with Crippen LogP contribution in [0.1, 0.15) is 33.1 Å². The maximum Gasteiger partial charge on any atom is 0.121 e. The molecule has 0 aromatic heterocycles. The first-order chi connectivity index (χ1) is 6.11. The number of aliphatic hydroxyl groups excluding tert-OH is 1. The molecular formula is C11H18O2. The van der Waals surface area contributed by atoms with Crippen LogP contribution in [0.2, 0.25) is 0 Å². The highest BCUT2D eigenvalue weighted by Gasteiger charge is 2.51. The molecule has 2 atom stereocenters. The van der Waals surface area contributed by atoms with Crippen molar-refractivity contribution < 1.29 is 9.84 Å². The minimum atomic E-state index is -0.352. The number of hydrogen-bond donors (Lipinski definition) is 1. The van der Waals surface area contributed by atoms with Crippen LogP contribution in [0.15, 0.2) is 11.8 Å². The summed E-state index contributed by atoms with van der Waals surface area (Å²) < 4.78 is 5.45. The molecule has 1 heterocycles. The van der Waals surface area contributed by atoms with E-state index in [-0.39, 0.29) is 6.10 Å². The minimum absolute atomic E-state index is 0.320. The number of aliphatic hydroxyl groups is 1. The minimum Gasteiger partial charge on any atom is -0.495 e. The third kappa shape index (κ3) is 1.73. The second-order valence-corrected chi connectivity index (χ2v) is 4.84. The number of hydrogen-bond acceptors (Lipinski definition) is 2. The molecule has 1 N–H and O–H groups in total. The summed E-state index contributed by atoms with van der Waals surface area (Å²) in [6.45, 7) is 5.17. The first-order valence-corrected chi connectivity index (χ1v) is 5.12. The molecule has 0 amide bonds. The van der Waals surface area contributed by atoms with E-state index in [1.54, 1.807) is 0 Å². The normalized spacial score (nSPS) is 33.2. The fourth-order valence-corrected chi connectivity index (χ4v) is 2.03. The number of rotatable bonds is 2. The highest BCUT2D eigenvalue weighted by molar-refractivity contribution is 5.12.